The zero-order chi connectivity index (χ0) is 13.5. The van der Waals surface area contributed by atoms with Crippen LogP contribution in [0.25, 0.3) is 0 Å². The van der Waals surface area contributed by atoms with Crippen LogP contribution in [0.2, 0.25) is 0 Å². The highest BCUT2D eigenvalue weighted by Gasteiger charge is 1.97. The summed E-state index contributed by atoms with van der Waals surface area (Å²) in [6.45, 7) is 5.28. The Balaban J connectivity index is 3.04. The number of hydrogen-bond acceptors (Lipinski definition) is 2. The van der Waals surface area contributed by atoms with Crippen molar-refractivity contribution in [2.75, 3.05) is 6.61 Å². The SMILES string of the molecule is CCCCCCCCCCCOC(=S)CCCC. The van der Waals surface area contributed by atoms with Crippen LogP contribution in [-0.4, -0.2) is 11.7 Å². The van der Waals surface area contributed by atoms with Crippen molar-refractivity contribution in [1.82, 2.24) is 0 Å². The van der Waals surface area contributed by atoms with Crippen LogP contribution in [-0.2, 0) is 4.74 Å². The third kappa shape index (κ3) is 14.0. The first kappa shape index (κ1) is 17.9. The summed E-state index contributed by atoms with van der Waals surface area (Å²) in [5, 5.41) is 0.816. The third-order valence-corrected chi connectivity index (χ3v) is 3.57. The smallest absolute Gasteiger partial charge is 0.159 e. The van der Waals surface area contributed by atoms with Gasteiger partial charge < -0.3 is 4.74 Å². The molecule has 1 nitrogen and oxygen atoms in total. The quantitative estimate of drug-likeness (QED) is 0.298. The summed E-state index contributed by atoms with van der Waals surface area (Å²) >= 11 is 5.16. The second-order valence-electron chi connectivity index (χ2n) is 5.15. The maximum Gasteiger partial charge on any atom is 0.159 e. The molecule has 0 bridgehead atoms. The largest absolute Gasteiger partial charge is 0.487 e. The summed E-state index contributed by atoms with van der Waals surface area (Å²) in [6, 6.07) is 0. The number of ether oxygens (including phenoxy) is 1. The Bertz CT molecular complexity index is 180. The Morgan fingerprint density at radius 2 is 1.22 bits per heavy atom. The highest BCUT2D eigenvalue weighted by atomic mass is 32.1. The van der Waals surface area contributed by atoms with Crippen molar-refractivity contribution < 1.29 is 4.74 Å². The van der Waals surface area contributed by atoms with E-state index in [-0.39, 0.29) is 0 Å². The molecule has 0 aliphatic carbocycles. The van der Waals surface area contributed by atoms with Crippen LogP contribution < -0.4 is 0 Å². The van der Waals surface area contributed by atoms with Gasteiger partial charge in [0.1, 0.15) is 0 Å². The van der Waals surface area contributed by atoms with Crippen LogP contribution in [0, 0.1) is 0 Å². The molecule has 0 aromatic rings. The highest BCUT2D eigenvalue weighted by Crippen LogP contribution is 2.09. The molecule has 0 aromatic heterocycles. The summed E-state index contributed by atoms with van der Waals surface area (Å²) in [6.07, 6.45) is 15.5. The molecule has 0 saturated heterocycles. The fraction of sp³-hybridized carbons (Fsp3) is 0.938. The molecule has 0 heterocycles. The lowest BCUT2D eigenvalue weighted by Crippen LogP contribution is -2.03. The van der Waals surface area contributed by atoms with Crippen LogP contribution in [0.3, 0.4) is 0 Å². The van der Waals surface area contributed by atoms with E-state index in [0.29, 0.717) is 0 Å². The highest BCUT2D eigenvalue weighted by molar-refractivity contribution is 7.80. The third-order valence-electron chi connectivity index (χ3n) is 3.25. The Labute approximate surface area is 120 Å². The van der Waals surface area contributed by atoms with E-state index in [1.54, 1.807) is 0 Å². The van der Waals surface area contributed by atoms with Gasteiger partial charge in [0.05, 0.1) is 6.61 Å². The summed E-state index contributed by atoms with van der Waals surface area (Å²) in [5.41, 5.74) is 0. The van der Waals surface area contributed by atoms with E-state index in [9.17, 15) is 0 Å². The van der Waals surface area contributed by atoms with Crippen molar-refractivity contribution in [3.05, 3.63) is 0 Å². The van der Waals surface area contributed by atoms with Crippen molar-refractivity contribution in [2.45, 2.75) is 90.9 Å². The molecule has 0 amide bonds. The van der Waals surface area contributed by atoms with Gasteiger partial charge in [-0.05, 0) is 25.1 Å². The van der Waals surface area contributed by atoms with Crippen molar-refractivity contribution in [2.24, 2.45) is 0 Å². The molecule has 0 aromatic carbocycles. The first-order valence-corrected chi connectivity index (χ1v) is 8.37. The topological polar surface area (TPSA) is 9.23 Å². The average molecular weight is 272 g/mol. The molecule has 0 atom stereocenters. The van der Waals surface area contributed by atoms with Gasteiger partial charge in [0.2, 0.25) is 0 Å². The number of rotatable bonds is 13. The minimum atomic E-state index is 0.816. The molecule has 2 heteroatoms. The Kier molecular flexibility index (Phi) is 14.9. The van der Waals surface area contributed by atoms with Crippen LogP contribution >= 0.6 is 12.2 Å². The average Bonchev–Trinajstić information content (AvgIpc) is 2.38. The zero-order valence-electron chi connectivity index (χ0n) is 12.5. The molecule has 0 spiro atoms. The van der Waals surface area contributed by atoms with Gasteiger partial charge in [0, 0.05) is 6.42 Å². The summed E-state index contributed by atoms with van der Waals surface area (Å²) in [5.74, 6) is 0. The second-order valence-corrected chi connectivity index (χ2v) is 5.61. The number of thiocarbonyl (C=S) groups is 1. The van der Waals surface area contributed by atoms with Gasteiger partial charge in [-0.15, -0.1) is 0 Å². The molecule has 0 rings (SSSR count). The van der Waals surface area contributed by atoms with Gasteiger partial charge in [-0.2, -0.15) is 0 Å². The molecule has 18 heavy (non-hydrogen) atoms. The van der Waals surface area contributed by atoms with E-state index in [1.165, 1.54) is 64.2 Å². The molecular weight excluding hydrogens is 240 g/mol. The molecule has 0 unspecified atom stereocenters. The Hall–Kier alpha value is -0.110. The van der Waals surface area contributed by atoms with Crippen LogP contribution in [0.15, 0.2) is 0 Å². The van der Waals surface area contributed by atoms with Crippen molar-refractivity contribution >= 4 is 17.3 Å². The fourth-order valence-corrected chi connectivity index (χ4v) is 2.22. The first-order chi connectivity index (χ1) is 8.81. The van der Waals surface area contributed by atoms with E-state index >= 15 is 0 Å². The van der Waals surface area contributed by atoms with Crippen LogP contribution in [0.4, 0.5) is 0 Å². The molecule has 0 aliphatic heterocycles. The maximum atomic E-state index is 5.54. The Morgan fingerprint density at radius 1 is 0.722 bits per heavy atom. The summed E-state index contributed by atoms with van der Waals surface area (Å²) in [7, 11) is 0. The lowest BCUT2D eigenvalue weighted by Gasteiger charge is -2.06. The fourth-order valence-electron chi connectivity index (χ4n) is 1.99. The predicted molar refractivity (Wildman–Crippen MR) is 85.3 cm³/mol. The van der Waals surface area contributed by atoms with E-state index in [1.807, 2.05) is 0 Å². The molecule has 0 radical (unpaired) electrons. The van der Waals surface area contributed by atoms with Crippen molar-refractivity contribution in [3.63, 3.8) is 0 Å². The van der Waals surface area contributed by atoms with Crippen molar-refractivity contribution in [3.8, 4) is 0 Å². The van der Waals surface area contributed by atoms with Crippen molar-refractivity contribution in [1.29, 1.82) is 0 Å². The second kappa shape index (κ2) is 14.9. The number of hydrogen-bond donors (Lipinski definition) is 0. The van der Waals surface area contributed by atoms with Gasteiger partial charge >= 0.3 is 0 Å². The van der Waals surface area contributed by atoms with E-state index in [0.717, 1.165) is 24.5 Å². The summed E-state index contributed by atoms with van der Waals surface area (Å²) < 4.78 is 5.54. The molecular formula is C16H32OS. The molecule has 108 valence electrons. The molecule has 0 N–H and O–H groups in total. The van der Waals surface area contributed by atoms with Crippen LogP contribution in [0.5, 0.6) is 0 Å². The molecule has 0 fully saturated rings. The molecule has 0 aliphatic rings. The van der Waals surface area contributed by atoms with Gasteiger partial charge in [0.15, 0.2) is 5.05 Å². The number of unbranched alkanes of at least 4 members (excludes halogenated alkanes) is 9. The minimum absolute atomic E-state index is 0.816. The van der Waals surface area contributed by atoms with E-state index in [4.69, 9.17) is 17.0 Å². The minimum Gasteiger partial charge on any atom is -0.487 e. The van der Waals surface area contributed by atoms with E-state index < -0.39 is 0 Å². The first-order valence-electron chi connectivity index (χ1n) is 7.96. The monoisotopic (exact) mass is 272 g/mol. The van der Waals surface area contributed by atoms with Gasteiger partial charge in [-0.25, -0.2) is 0 Å². The van der Waals surface area contributed by atoms with Gasteiger partial charge in [0.25, 0.3) is 0 Å². The maximum absolute atomic E-state index is 5.54. The van der Waals surface area contributed by atoms with Crippen LogP contribution in [0.1, 0.15) is 90.9 Å². The standard InChI is InChI=1S/C16H32OS/c1-3-5-7-8-9-10-11-12-13-15-17-16(18)14-6-4-2/h3-15H2,1-2H3. The van der Waals surface area contributed by atoms with E-state index in [2.05, 4.69) is 13.8 Å². The lowest BCUT2D eigenvalue weighted by atomic mass is 10.1. The summed E-state index contributed by atoms with van der Waals surface area (Å²) in [4.78, 5) is 0. The lowest BCUT2D eigenvalue weighted by molar-refractivity contribution is 0.291. The normalized spacial score (nSPS) is 10.6. The van der Waals surface area contributed by atoms with Gasteiger partial charge in [-0.3, -0.25) is 0 Å². The zero-order valence-corrected chi connectivity index (χ0v) is 13.3. The predicted octanol–water partition coefficient (Wildman–Crippen LogP) is 6.05. The molecule has 0 saturated carbocycles. The van der Waals surface area contributed by atoms with Gasteiger partial charge in [-0.1, -0.05) is 71.6 Å². The Morgan fingerprint density at radius 3 is 1.78 bits per heavy atom.